The first-order valence-electron chi connectivity index (χ1n) is 8.44. The molecule has 3 amide bonds. The minimum absolute atomic E-state index is 0.109. The third kappa shape index (κ3) is 3.70. The molecule has 3 rings (SSSR count). The number of benzene rings is 1. The second kappa shape index (κ2) is 7.41. The molecule has 1 fully saturated rings. The van der Waals surface area contributed by atoms with Crippen molar-refractivity contribution in [3.8, 4) is 0 Å². The van der Waals surface area contributed by atoms with Crippen LogP contribution in [0.3, 0.4) is 0 Å². The first kappa shape index (κ1) is 18.3. The highest BCUT2D eigenvalue weighted by Crippen LogP contribution is 2.28. The van der Waals surface area contributed by atoms with Gasteiger partial charge in [-0.25, -0.2) is 4.39 Å². The average Bonchev–Trinajstić information content (AvgIpc) is 3.05. The number of amides is 3. The van der Waals surface area contributed by atoms with Gasteiger partial charge in [0.05, 0.1) is 4.88 Å². The number of carbonyl (C=O) groups is 3. The maximum atomic E-state index is 13.8. The summed E-state index contributed by atoms with van der Waals surface area (Å²) >= 11 is 1.26. The minimum Gasteiger partial charge on any atom is -0.346 e. The van der Waals surface area contributed by atoms with Gasteiger partial charge in [0.25, 0.3) is 5.91 Å². The van der Waals surface area contributed by atoms with Gasteiger partial charge < -0.3 is 15.1 Å². The lowest BCUT2D eigenvalue weighted by Gasteiger charge is -2.34. The molecule has 0 atom stereocenters. The number of rotatable bonds is 2. The van der Waals surface area contributed by atoms with Crippen LogP contribution in [-0.2, 0) is 9.59 Å². The summed E-state index contributed by atoms with van der Waals surface area (Å²) in [5.41, 5.74) is 0. The van der Waals surface area contributed by atoms with Gasteiger partial charge in [0.15, 0.2) is 0 Å². The lowest BCUT2D eigenvalue weighted by atomic mass is 10.2. The van der Waals surface area contributed by atoms with Crippen molar-refractivity contribution in [3.63, 3.8) is 0 Å². The third-order valence-electron chi connectivity index (χ3n) is 4.19. The van der Waals surface area contributed by atoms with Crippen molar-refractivity contribution >= 4 is 39.1 Å². The van der Waals surface area contributed by atoms with Gasteiger partial charge in [-0.3, -0.25) is 14.4 Å². The van der Waals surface area contributed by atoms with Crippen LogP contribution < -0.4 is 5.32 Å². The Morgan fingerprint density at radius 2 is 1.77 bits per heavy atom. The molecule has 138 valence electrons. The van der Waals surface area contributed by atoms with E-state index in [0.717, 1.165) is 4.70 Å². The van der Waals surface area contributed by atoms with Crippen LogP contribution in [0.2, 0.25) is 0 Å². The molecule has 1 aliphatic heterocycles. The second-order valence-electron chi connectivity index (χ2n) is 6.47. The number of hydrogen-bond acceptors (Lipinski definition) is 4. The van der Waals surface area contributed by atoms with Crippen molar-refractivity contribution in [3.05, 3.63) is 35.0 Å². The van der Waals surface area contributed by atoms with Gasteiger partial charge in [-0.05, 0) is 32.0 Å². The monoisotopic (exact) mass is 377 g/mol. The molecule has 2 aromatic rings. The van der Waals surface area contributed by atoms with Crippen LogP contribution >= 0.6 is 11.3 Å². The molecular formula is C18H20FN3O3S. The Balaban J connectivity index is 1.64. The number of fused-ring (bicyclic) bond motifs is 1. The zero-order valence-corrected chi connectivity index (χ0v) is 15.4. The normalized spacial score (nSPS) is 14.8. The molecule has 1 saturated heterocycles. The first-order chi connectivity index (χ1) is 12.4. The van der Waals surface area contributed by atoms with Crippen molar-refractivity contribution in [2.45, 2.75) is 19.9 Å². The molecule has 8 heteroatoms. The van der Waals surface area contributed by atoms with Crippen LogP contribution in [0.15, 0.2) is 24.3 Å². The molecule has 0 spiro atoms. The Hall–Kier alpha value is -2.48. The van der Waals surface area contributed by atoms with Crippen LogP contribution in [-0.4, -0.2) is 59.7 Å². The van der Waals surface area contributed by atoms with E-state index in [4.69, 9.17) is 0 Å². The second-order valence-corrected chi connectivity index (χ2v) is 7.56. The number of thiophene rings is 1. The summed E-state index contributed by atoms with van der Waals surface area (Å²) in [7, 11) is 0. The van der Waals surface area contributed by atoms with Crippen molar-refractivity contribution < 1.29 is 18.8 Å². The smallest absolute Gasteiger partial charge is 0.312 e. The summed E-state index contributed by atoms with van der Waals surface area (Å²) in [6.45, 7) is 4.86. The summed E-state index contributed by atoms with van der Waals surface area (Å²) in [5.74, 6) is -1.72. The molecule has 6 nitrogen and oxygen atoms in total. The van der Waals surface area contributed by atoms with Crippen molar-refractivity contribution in [2.24, 2.45) is 0 Å². The Bertz CT molecular complexity index is 856. The van der Waals surface area contributed by atoms with E-state index in [1.165, 1.54) is 22.3 Å². The van der Waals surface area contributed by atoms with Crippen LogP contribution in [0.4, 0.5) is 4.39 Å². The van der Waals surface area contributed by atoms with Crippen molar-refractivity contribution in [1.82, 2.24) is 15.1 Å². The number of hydrogen-bond donors (Lipinski definition) is 1. The highest BCUT2D eigenvalue weighted by Gasteiger charge is 2.29. The Kier molecular flexibility index (Phi) is 5.22. The average molecular weight is 377 g/mol. The van der Waals surface area contributed by atoms with Crippen LogP contribution in [0.1, 0.15) is 23.5 Å². The van der Waals surface area contributed by atoms with Gasteiger partial charge >= 0.3 is 11.8 Å². The standard InChI is InChI=1S/C18H20FN3O3S/c1-11(2)20-16(23)18(25)22-8-6-21(7-9-22)17(24)15-10-12-13(19)4-3-5-14(12)26-15/h3-5,10-11H,6-9H2,1-2H3,(H,20,23). The topological polar surface area (TPSA) is 69.7 Å². The lowest BCUT2D eigenvalue weighted by Crippen LogP contribution is -2.54. The molecule has 1 aromatic carbocycles. The van der Waals surface area contributed by atoms with E-state index >= 15 is 0 Å². The van der Waals surface area contributed by atoms with Crippen molar-refractivity contribution in [1.29, 1.82) is 0 Å². The Morgan fingerprint density at radius 3 is 2.38 bits per heavy atom. The highest BCUT2D eigenvalue weighted by atomic mass is 32.1. The number of halogens is 1. The summed E-state index contributed by atoms with van der Waals surface area (Å²) in [5, 5.41) is 3.02. The van der Waals surface area contributed by atoms with Gasteiger partial charge in [-0.2, -0.15) is 0 Å². The SMILES string of the molecule is CC(C)NC(=O)C(=O)N1CCN(C(=O)c2cc3c(F)cccc3s2)CC1. The van der Waals surface area contributed by atoms with Crippen LogP contribution in [0.25, 0.3) is 10.1 Å². The maximum Gasteiger partial charge on any atom is 0.312 e. The molecule has 1 aromatic heterocycles. The van der Waals surface area contributed by atoms with Crippen LogP contribution in [0.5, 0.6) is 0 Å². The van der Waals surface area contributed by atoms with E-state index in [1.54, 1.807) is 36.9 Å². The summed E-state index contributed by atoms with van der Waals surface area (Å²) in [4.78, 5) is 40.1. The van der Waals surface area contributed by atoms with E-state index in [9.17, 15) is 18.8 Å². The van der Waals surface area contributed by atoms with Crippen LogP contribution in [0, 0.1) is 5.82 Å². The Morgan fingerprint density at radius 1 is 1.12 bits per heavy atom. The largest absolute Gasteiger partial charge is 0.346 e. The van der Waals surface area contributed by atoms with E-state index < -0.39 is 11.8 Å². The van der Waals surface area contributed by atoms with Gasteiger partial charge in [0.1, 0.15) is 5.82 Å². The highest BCUT2D eigenvalue weighted by molar-refractivity contribution is 7.20. The molecular weight excluding hydrogens is 357 g/mol. The first-order valence-corrected chi connectivity index (χ1v) is 9.25. The van der Waals surface area contributed by atoms with E-state index in [-0.39, 0.29) is 17.8 Å². The third-order valence-corrected chi connectivity index (χ3v) is 5.28. The molecule has 0 unspecified atom stereocenters. The van der Waals surface area contributed by atoms with Crippen molar-refractivity contribution in [2.75, 3.05) is 26.2 Å². The number of carbonyl (C=O) groups excluding carboxylic acids is 3. The molecule has 0 radical (unpaired) electrons. The molecule has 0 aliphatic carbocycles. The fourth-order valence-electron chi connectivity index (χ4n) is 2.87. The van der Waals surface area contributed by atoms with Gasteiger partial charge in [-0.15, -0.1) is 11.3 Å². The summed E-state index contributed by atoms with van der Waals surface area (Å²) in [6, 6.07) is 6.24. The predicted octanol–water partition coefficient (Wildman–Crippen LogP) is 1.85. The minimum atomic E-state index is -0.625. The summed E-state index contributed by atoms with van der Waals surface area (Å²) in [6.07, 6.45) is 0. The fraction of sp³-hybridized carbons (Fsp3) is 0.389. The lowest BCUT2D eigenvalue weighted by molar-refractivity contribution is -0.147. The maximum absolute atomic E-state index is 13.8. The van der Waals surface area contributed by atoms with E-state index in [0.29, 0.717) is 36.4 Å². The quantitative estimate of drug-likeness (QED) is 0.812. The fourth-order valence-corrected chi connectivity index (χ4v) is 3.91. The molecule has 26 heavy (non-hydrogen) atoms. The van der Waals surface area contributed by atoms with E-state index in [2.05, 4.69) is 5.32 Å². The zero-order chi connectivity index (χ0) is 18.8. The number of piperazine rings is 1. The molecule has 0 saturated carbocycles. The molecule has 0 bridgehead atoms. The van der Waals surface area contributed by atoms with E-state index in [1.807, 2.05) is 0 Å². The zero-order valence-electron chi connectivity index (χ0n) is 14.6. The Labute approximate surface area is 154 Å². The van der Waals surface area contributed by atoms with Gasteiger partial charge in [0.2, 0.25) is 0 Å². The number of nitrogens with zero attached hydrogens (tertiary/aromatic N) is 2. The number of nitrogens with one attached hydrogen (secondary N) is 1. The summed E-state index contributed by atoms with van der Waals surface area (Å²) < 4.78 is 14.5. The molecule has 2 heterocycles. The molecule has 1 N–H and O–H groups in total. The molecule has 1 aliphatic rings. The van der Waals surface area contributed by atoms with Gasteiger partial charge in [-0.1, -0.05) is 6.07 Å². The van der Waals surface area contributed by atoms with Gasteiger partial charge in [0, 0.05) is 42.3 Å². The predicted molar refractivity (Wildman–Crippen MR) is 97.5 cm³/mol.